The van der Waals surface area contributed by atoms with Gasteiger partial charge in [-0.05, 0) is 51.3 Å². The fraction of sp³-hybridized carbons (Fsp3) is 0.579. The van der Waals surface area contributed by atoms with Crippen LogP contribution < -0.4 is 5.32 Å². The molecule has 2 rings (SSSR count). The Morgan fingerprint density at radius 3 is 2.08 bits per heavy atom. The average Bonchev–Trinajstić information content (AvgIpc) is 2.94. The van der Waals surface area contributed by atoms with Crippen LogP contribution in [0.15, 0.2) is 24.3 Å². The van der Waals surface area contributed by atoms with Crippen LogP contribution in [0.1, 0.15) is 62.4 Å². The molecule has 1 aliphatic carbocycles. The van der Waals surface area contributed by atoms with Crippen LogP contribution in [0.3, 0.4) is 0 Å². The van der Waals surface area contributed by atoms with E-state index < -0.39 is 17.2 Å². The maximum Gasteiger partial charge on any atom is 0.408 e. The quantitative estimate of drug-likeness (QED) is 0.918. The number of carbonyl (C=O) groups is 2. The number of hydrogen-bond donors (Lipinski definition) is 1. The molecule has 0 atom stereocenters. The van der Waals surface area contributed by atoms with E-state index in [0.717, 1.165) is 31.2 Å². The first-order chi connectivity index (χ1) is 11.1. The fourth-order valence-corrected chi connectivity index (χ4v) is 3.15. The molecular formula is C19H28N2O3. The zero-order valence-corrected chi connectivity index (χ0v) is 15.3. The normalized spacial score (nSPS) is 16.5. The summed E-state index contributed by atoms with van der Waals surface area (Å²) in [6.45, 7) is 5.57. The van der Waals surface area contributed by atoms with Crippen molar-refractivity contribution in [1.82, 2.24) is 10.2 Å². The van der Waals surface area contributed by atoms with E-state index in [-0.39, 0.29) is 5.91 Å². The molecule has 0 aliphatic heterocycles. The fourth-order valence-electron chi connectivity index (χ4n) is 3.15. The summed E-state index contributed by atoms with van der Waals surface area (Å²) in [5.41, 5.74) is 0.754. The standard InChI is InChI=1S/C19H28N2O3/c1-18(2,3)24-17(23)20-19(12-6-7-13-19)15-10-8-14(9-11-15)16(22)21(4)5/h8-11H,6-7,12-13H2,1-5H3,(H,20,23). The second-order valence-electron chi connectivity index (χ2n) is 7.69. The lowest BCUT2D eigenvalue weighted by atomic mass is 9.87. The Morgan fingerprint density at radius 2 is 1.62 bits per heavy atom. The van der Waals surface area contributed by atoms with Crippen molar-refractivity contribution >= 4 is 12.0 Å². The highest BCUT2D eigenvalue weighted by atomic mass is 16.6. The number of amides is 2. The van der Waals surface area contributed by atoms with Gasteiger partial charge >= 0.3 is 6.09 Å². The van der Waals surface area contributed by atoms with Crippen molar-refractivity contribution < 1.29 is 14.3 Å². The molecule has 24 heavy (non-hydrogen) atoms. The van der Waals surface area contributed by atoms with Crippen molar-refractivity contribution in [2.45, 2.75) is 57.6 Å². The predicted octanol–water partition coefficient (Wildman–Crippen LogP) is 3.68. The summed E-state index contributed by atoms with van der Waals surface area (Å²) in [5.74, 6) is -0.0258. The van der Waals surface area contributed by atoms with Gasteiger partial charge in [-0.3, -0.25) is 4.79 Å². The first-order valence-electron chi connectivity index (χ1n) is 8.46. The van der Waals surface area contributed by atoms with Crippen LogP contribution in [0.5, 0.6) is 0 Å². The number of ether oxygens (including phenoxy) is 1. The molecule has 5 heteroatoms. The number of rotatable bonds is 3. The molecule has 1 aromatic carbocycles. The van der Waals surface area contributed by atoms with E-state index in [1.807, 2.05) is 45.0 Å². The average molecular weight is 332 g/mol. The Kier molecular flexibility index (Phi) is 5.21. The number of carbonyl (C=O) groups excluding carboxylic acids is 2. The maximum absolute atomic E-state index is 12.3. The topological polar surface area (TPSA) is 58.6 Å². The lowest BCUT2D eigenvalue weighted by molar-refractivity contribution is 0.0453. The lowest BCUT2D eigenvalue weighted by Crippen LogP contribution is -2.46. The van der Waals surface area contributed by atoms with Gasteiger partial charge in [-0.25, -0.2) is 4.79 Å². The Morgan fingerprint density at radius 1 is 1.08 bits per heavy atom. The van der Waals surface area contributed by atoms with Crippen molar-refractivity contribution in [3.05, 3.63) is 35.4 Å². The largest absolute Gasteiger partial charge is 0.444 e. The molecule has 0 bridgehead atoms. The van der Waals surface area contributed by atoms with Gasteiger partial charge in [-0.15, -0.1) is 0 Å². The number of nitrogens with one attached hydrogen (secondary N) is 1. The van der Waals surface area contributed by atoms with Gasteiger partial charge in [-0.1, -0.05) is 25.0 Å². The molecule has 1 N–H and O–H groups in total. The highest BCUT2D eigenvalue weighted by molar-refractivity contribution is 5.93. The van der Waals surface area contributed by atoms with E-state index in [0.29, 0.717) is 5.56 Å². The molecule has 0 heterocycles. The molecule has 0 saturated heterocycles. The predicted molar refractivity (Wildman–Crippen MR) is 94.0 cm³/mol. The Labute approximate surface area is 144 Å². The molecule has 1 aliphatic rings. The second kappa shape index (κ2) is 6.83. The van der Waals surface area contributed by atoms with Gasteiger partial charge in [0.05, 0.1) is 5.54 Å². The van der Waals surface area contributed by atoms with Crippen molar-refractivity contribution in [3.63, 3.8) is 0 Å². The molecule has 5 nitrogen and oxygen atoms in total. The minimum absolute atomic E-state index is 0.0258. The van der Waals surface area contributed by atoms with Crippen LogP contribution in [0.25, 0.3) is 0 Å². The van der Waals surface area contributed by atoms with Crippen LogP contribution in [-0.4, -0.2) is 36.6 Å². The number of benzene rings is 1. The van der Waals surface area contributed by atoms with Crippen molar-refractivity contribution in [1.29, 1.82) is 0 Å². The van der Waals surface area contributed by atoms with Crippen molar-refractivity contribution in [2.75, 3.05) is 14.1 Å². The van der Waals surface area contributed by atoms with E-state index in [1.54, 1.807) is 19.0 Å². The van der Waals surface area contributed by atoms with Gasteiger partial charge in [0.1, 0.15) is 5.60 Å². The van der Waals surface area contributed by atoms with Crippen molar-refractivity contribution in [3.8, 4) is 0 Å². The van der Waals surface area contributed by atoms with E-state index in [2.05, 4.69) is 5.32 Å². The highest BCUT2D eigenvalue weighted by Gasteiger charge is 2.38. The molecule has 0 radical (unpaired) electrons. The van der Waals surface area contributed by atoms with Crippen LogP contribution in [0.2, 0.25) is 0 Å². The summed E-state index contributed by atoms with van der Waals surface area (Å²) in [4.78, 5) is 25.8. The zero-order chi connectivity index (χ0) is 18.0. The molecule has 1 fully saturated rings. The summed E-state index contributed by atoms with van der Waals surface area (Å²) >= 11 is 0. The summed E-state index contributed by atoms with van der Waals surface area (Å²) in [5, 5.41) is 3.08. The minimum atomic E-state index is -0.522. The van der Waals surface area contributed by atoms with E-state index in [1.165, 1.54) is 0 Å². The summed E-state index contributed by atoms with van der Waals surface area (Å²) < 4.78 is 5.43. The smallest absolute Gasteiger partial charge is 0.408 e. The first-order valence-corrected chi connectivity index (χ1v) is 8.46. The third-order valence-electron chi connectivity index (χ3n) is 4.29. The first kappa shape index (κ1) is 18.3. The van der Waals surface area contributed by atoms with E-state index in [9.17, 15) is 9.59 Å². The number of alkyl carbamates (subject to hydrolysis) is 1. The van der Waals surface area contributed by atoms with Gasteiger partial charge in [0.15, 0.2) is 0 Å². The number of hydrogen-bond acceptors (Lipinski definition) is 3. The Bertz CT molecular complexity index is 594. The van der Waals surface area contributed by atoms with Crippen LogP contribution in [-0.2, 0) is 10.3 Å². The monoisotopic (exact) mass is 332 g/mol. The molecule has 0 unspecified atom stereocenters. The summed E-state index contributed by atoms with van der Waals surface area (Å²) in [6, 6.07) is 7.54. The Balaban J connectivity index is 2.21. The molecule has 2 amide bonds. The Hall–Kier alpha value is -2.04. The molecular weight excluding hydrogens is 304 g/mol. The molecule has 0 aromatic heterocycles. The van der Waals surface area contributed by atoms with Gasteiger partial charge < -0.3 is 15.0 Å². The van der Waals surface area contributed by atoms with Crippen LogP contribution >= 0.6 is 0 Å². The minimum Gasteiger partial charge on any atom is -0.444 e. The molecule has 132 valence electrons. The molecule has 1 aromatic rings. The zero-order valence-electron chi connectivity index (χ0n) is 15.3. The summed E-state index contributed by atoms with van der Waals surface area (Å²) in [7, 11) is 3.47. The van der Waals surface area contributed by atoms with E-state index in [4.69, 9.17) is 4.74 Å². The van der Waals surface area contributed by atoms with Crippen LogP contribution in [0.4, 0.5) is 4.79 Å². The molecule has 0 spiro atoms. The summed E-state index contributed by atoms with van der Waals surface area (Å²) in [6.07, 6.45) is 3.50. The third-order valence-corrected chi connectivity index (χ3v) is 4.29. The number of nitrogens with zero attached hydrogens (tertiary/aromatic N) is 1. The van der Waals surface area contributed by atoms with Gasteiger partial charge in [0.2, 0.25) is 0 Å². The second-order valence-corrected chi connectivity index (χ2v) is 7.69. The SMILES string of the molecule is CN(C)C(=O)c1ccc(C2(NC(=O)OC(C)(C)C)CCCC2)cc1. The van der Waals surface area contributed by atoms with Gasteiger partial charge in [-0.2, -0.15) is 0 Å². The highest BCUT2D eigenvalue weighted by Crippen LogP contribution is 2.39. The van der Waals surface area contributed by atoms with Crippen molar-refractivity contribution in [2.24, 2.45) is 0 Å². The van der Waals surface area contributed by atoms with Gasteiger partial charge in [0.25, 0.3) is 5.91 Å². The van der Waals surface area contributed by atoms with Gasteiger partial charge in [0, 0.05) is 19.7 Å². The molecule has 1 saturated carbocycles. The maximum atomic E-state index is 12.3. The van der Waals surface area contributed by atoms with E-state index >= 15 is 0 Å². The third kappa shape index (κ3) is 4.28. The van der Waals surface area contributed by atoms with Crippen LogP contribution in [0, 0.1) is 0 Å². The lowest BCUT2D eigenvalue weighted by Gasteiger charge is -2.32.